The Morgan fingerprint density at radius 1 is 1.63 bits per heavy atom. The van der Waals surface area contributed by atoms with Crippen LogP contribution in [0.1, 0.15) is 18.7 Å². The SMILES string of the molecule is CC(C)(C(=O)Nc1csc(C#N)c1)n1cc(I)cn1. The highest BCUT2D eigenvalue weighted by Gasteiger charge is 2.30. The normalized spacial score (nSPS) is 11.1. The van der Waals surface area contributed by atoms with Gasteiger partial charge in [0.05, 0.1) is 15.5 Å². The quantitative estimate of drug-likeness (QED) is 0.825. The molecule has 5 nitrogen and oxygen atoms in total. The number of nitrogens with zero attached hydrogens (tertiary/aromatic N) is 3. The molecular weight excluding hydrogens is 375 g/mol. The van der Waals surface area contributed by atoms with Gasteiger partial charge in [-0.25, -0.2) is 0 Å². The topological polar surface area (TPSA) is 70.7 Å². The van der Waals surface area contributed by atoms with E-state index in [4.69, 9.17) is 5.26 Å². The van der Waals surface area contributed by atoms with Gasteiger partial charge in [0.25, 0.3) is 5.91 Å². The Bertz CT molecular complexity index is 653. The summed E-state index contributed by atoms with van der Waals surface area (Å²) >= 11 is 3.45. The maximum absolute atomic E-state index is 12.3. The van der Waals surface area contributed by atoms with Crippen LogP contribution in [0.4, 0.5) is 5.69 Å². The van der Waals surface area contributed by atoms with Crippen molar-refractivity contribution >= 4 is 45.5 Å². The Hall–Kier alpha value is -1.40. The van der Waals surface area contributed by atoms with Gasteiger partial charge >= 0.3 is 0 Å². The maximum Gasteiger partial charge on any atom is 0.251 e. The first-order valence-electron chi connectivity index (χ1n) is 5.44. The molecule has 0 radical (unpaired) electrons. The van der Waals surface area contributed by atoms with Crippen LogP contribution in [0.5, 0.6) is 0 Å². The summed E-state index contributed by atoms with van der Waals surface area (Å²) in [5, 5.41) is 17.5. The van der Waals surface area contributed by atoms with Crippen molar-refractivity contribution in [2.24, 2.45) is 0 Å². The Kier molecular flexibility index (Phi) is 3.91. The molecule has 0 spiro atoms. The zero-order valence-corrected chi connectivity index (χ0v) is 13.3. The molecule has 98 valence electrons. The number of hydrogen-bond acceptors (Lipinski definition) is 4. The van der Waals surface area contributed by atoms with Gasteiger partial charge in [-0.1, -0.05) is 0 Å². The number of thiophene rings is 1. The van der Waals surface area contributed by atoms with Crippen molar-refractivity contribution in [1.29, 1.82) is 5.26 Å². The maximum atomic E-state index is 12.3. The molecule has 0 saturated carbocycles. The molecule has 0 unspecified atom stereocenters. The van der Waals surface area contributed by atoms with Gasteiger partial charge in [-0.15, -0.1) is 11.3 Å². The molecule has 0 aliphatic rings. The number of amides is 1. The summed E-state index contributed by atoms with van der Waals surface area (Å²) in [5.74, 6) is -0.172. The average molecular weight is 386 g/mol. The zero-order valence-electron chi connectivity index (χ0n) is 10.3. The van der Waals surface area contributed by atoms with Crippen LogP contribution < -0.4 is 5.32 Å². The molecule has 19 heavy (non-hydrogen) atoms. The summed E-state index contributed by atoms with van der Waals surface area (Å²) in [6, 6.07) is 3.70. The largest absolute Gasteiger partial charge is 0.323 e. The van der Waals surface area contributed by atoms with E-state index >= 15 is 0 Å². The predicted molar refractivity (Wildman–Crippen MR) is 81.9 cm³/mol. The number of hydrogen-bond donors (Lipinski definition) is 1. The van der Waals surface area contributed by atoms with E-state index in [9.17, 15) is 4.79 Å². The minimum Gasteiger partial charge on any atom is -0.323 e. The first-order valence-corrected chi connectivity index (χ1v) is 7.40. The second-order valence-corrected chi connectivity index (χ2v) is 6.58. The molecule has 0 aliphatic heterocycles. The molecule has 0 aromatic carbocycles. The van der Waals surface area contributed by atoms with E-state index in [0.717, 1.165) is 3.57 Å². The van der Waals surface area contributed by atoms with E-state index in [1.165, 1.54) is 11.3 Å². The molecule has 2 aromatic heterocycles. The Morgan fingerprint density at radius 3 is 2.89 bits per heavy atom. The fraction of sp³-hybridized carbons (Fsp3) is 0.250. The standard InChI is InChI=1S/C12H11IN4OS/c1-12(2,17-6-8(13)5-15-17)11(18)16-9-3-10(4-14)19-7-9/h3,5-7H,1-2H3,(H,16,18). The van der Waals surface area contributed by atoms with Crippen LogP contribution in [-0.4, -0.2) is 15.7 Å². The molecule has 0 fully saturated rings. The summed E-state index contributed by atoms with van der Waals surface area (Å²) < 4.78 is 2.60. The lowest BCUT2D eigenvalue weighted by molar-refractivity contribution is -0.123. The van der Waals surface area contributed by atoms with Crippen molar-refractivity contribution < 1.29 is 4.79 Å². The monoisotopic (exact) mass is 386 g/mol. The van der Waals surface area contributed by atoms with Crippen LogP contribution in [0.25, 0.3) is 0 Å². The Balaban J connectivity index is 2.17. The number of nitriles is 1. The van der Waals surface area contributed by atoms with Gasteiger partial charge in [0.2, 0.25) is 0 Å². The number of anilines is 1. The van der Waals surface area contributed by atoms with Crippen LogP contribution in [0.15, 0.2) is 23.8 Å². The third-order valence-electron chi connectivity index (χ3n) is 2.65. The Morgan fingerprint density at radius 2 is 2.37 bits per heavy atom. The summed E-state index contributed by atoms with van der Waals surface area (Å²) in [7, 11) is 0. The van der Waals surface area contributed by atoms with Crippen LogP contribution >= 0.6 is 33.9 Å². The van der Waals surface area contributed by atoms with E-state index in [0.29, 0.717) is 10.6 Å². The average Bonchev–Trinajstić information content (AvgIpc) is 2.98. The lowest BCUT2D eigenvalue weighted by Crippen LogP contribution is -2.40. The minimum absolute atomic E-state index is 0.172. The van der Waals surface area contributed by atoms with Crippen LogP contribution in [0, 0.1) is 14.9 Å². The van der Waals surface area contributed by atoms with Crippen LogP contribution in [0.2, 0.25) is 0 Å². The van der Waals surface area contributed by atoms with Gasteiger partial charge in [0.1, 0.15) is 16.5 Å². The van der Waals surface area contributed by atoms with Crippen molar-refractivity contribution in [2.75, 3.05) is 5.32 Å². The number of halogens is 1. The van der Waals surface area contributed by atoms with Crippen molar-refractivity contribution in [3.05, 3.63) is 32.3 Å². The van der Waals surface area contributed by atoms with Crippen LogP contribution in [-0.2, 0) is 10.3 Å². The highest BCUT2D eigenvalue weighted by molar-refractivity contribution is 14.1. The highest BCUT2D eigenvalue weighted by Crippen LogP contribution is 2.22. The number of carbonyl (C=O) groups is 1. The summed E-state index contributed by atoms with van der Waals surface area (Å²) in [6.07, 6.45) is 3.52. The summed E-state index contributed by atoms with van der Waals surface area (Å²) in [6.45, 7) is 3.59. The summed E-state index contributed by atoms with van der Waals surface area (Å²) in [4.78, 5) is 12.9. The number of rotatable bonds is 3. The fourth-order valence-corrected chi connectivity index (χ4v) is 2.47. The van der Waals surface area contributed by atoms with Gasteiger partial charge in [-0.2, -0.15) is 10.4 Å². The van der Waals surface area contributed by atoms with Crippen molar-refractivity contribution in [3.63, 3.8) is 0 Å². The molecule has 1 amide bonds. The lowest BCUT2D eigenvalue weighted by Gasteiger charge is -2.23. The molecule has 0 bridgehead atoms. The second kappa shape index (κ2) is 5.30. The lowest BCUT2D eigenvalue weighted by atomic mass is 10.1. The zero-order chi connectivity index (χ0) is 14.0. The van der Waals surface area contributed by atoms with Gasteiger partial charge in [0, 0.05) is 11.6 Å². The molecule has 7 heteroatoms. The Labute approximate surface area is 128 Å². The molecule has 2 aromatic rings. The van der Waals surface area contributed by atoms with Gasteiger partial charge in [-0.05, 0) is 42.5 Å². The van der Waals surface area contributed by atoms with Crippen LogP contribution in [0.3, 0.4) is 0 Å². The first-order chi connectivity index (χ1) is 8.93. The third kappa shape index (κ3) is 2.96. The molecular formula is C12H11IN4OS. The predicted octanol–water partition coefficient (Wildman–Crippen LogP) is 2.79. The van der Waals surface area contributed by atoms with Gasteiger partial charge in [-0.3, -0.25) is 9.48 Å². The van der Waals surface area contributed by atoms with Crippen molar-refractivity contribution in [2.45, 2.75) is 19.4 Å². The van der Waals surface area contributed by atoms with Crippen molar-refractivity contribution in [1.82, 2.24) is 9.78 Å². The van der Waals surface area contributed by atoms with E-state index in [2.05, 4.69) is 33.0 Å². The van der Waals surface area contributed by atoms with E-state index in [1.54, 1.807) is 36.2 Å². The molecule has 2 rings (SSSR count). The molecule has 0 atom stereocenters. The number of carbonyl (C=O) groups excluding carboxylic acids is 1. The third-order valence-corrected chi connectivity index (χ3v) is 4.04. The summed E-state index contributed by atoms with van der Waals surface area (Å²) in [5.41, 5.74) is -0.153. The second-order valence-electron chi connectivity index (χ2n) is 4.43. The van der Waals surface area contributed by atoms with E-state index < -0.39 is 5.54 Å². The van der Waals surface area contributed by atoms with E-state index in [1.807, 2.05) is 12.3 Å². The van der Waals surface area contributed by atoms with Gasteiger partial charge in [0.15, 0.2) is 0 Å². The van der Waals surface area contributed by atoms with E-state index in [-0.39, 0.29) is 5.91 Å². The number of aromatic nitrogens is 2. The minimum atomic E-state index is -0.793. The highest BCUT2D eigenvalue weighted by atomic mass is 127. The van der Waals surface area contributed by atoms with Crippen molar-refractivity contribution in [3.8, 4) is 6.07 Å². The van der Waals surface area contributed by atoms with Gasteiger partial charge < -0.3 is 5.32 Å². The molecule has 1 N–H and O–H groups in total. The molecule has 0 aliphatic carbocycles. The molecule has 2 heterocycles. The smallest absolute Gasteiger partial charge is 0.251 e. The fourth-order valence-electron chi connectivity index (χ4n) is 1.46. The number of nitrogens with one attached hydrogen (secondary N) is 1. The first kappa shape index (κ1) is 14.0. The molecule has 0 saturated heterocycles.